The fourth-order valence-electron chi connectivity index (χ4n) is 4.42. The van der Waals surface area contributed by atoms with Crippen LogP contribution in [-0.4, -0.2) is 13.6 Å². The molecule has 0 aromatic heterocycles. The Morgan fingerprint density at radius 1 is 0.500 bits per heavy atom. The molecule has 1 nitrogen and oxygen atoms in total. The van der Waals surface area contributed by atoms with Crippen molar-refractivity contribution in [1.29, 1.82) is 0 Å². The van der Waals surface area contributed by atoms with Gasteiger partial charge in [0, 0.05) is 0 Å². The van der Waals surface area contributed by atoms with E-state index in [4.69, 9.17) is 0 Å². The highest BCUT2D eigenvalue weighted by molar-refractivity contribution is 5.32. The van der Waals surface area contributed by atoms with Crippen LogP contribution in [0.1, 0.15) is 135 Å². The molecule has 0 heterocycles. The summed E-state index contributed by atoms with van der Waals surface area (Å²) in [6, 6.07) is 9.35. The topological polar surface area (TPSA) is 4.44 Å². The third-order valence-electron chi connectivity index (χ3n) is 6.67. The molecule has 1 N–H and O–H groups in total. The molecule has 1 unspecified atom stereocenters. The van der Waals surface area contributed by atoms with Crippen LogP contribution in [-0.2, 0) is 6.42 Å². The molecule has 0 aliphatic carbocycles. The molecule has 1 atom stereocenters. The van der Waals surface area contributed by atoms with Crippen LogP contribution in [0.5, 0.6) is 0 Å². The van der Waals surface area contributed by atoms with Crippen LogP contribution >= 0.6 is 0 Å². The molecule has 0 saturated carbocycles. The van der Waals surface area contributed by atoms with E-state index in [9.17, 15) is 0 Å². The summed E-state index contributed by atoms with van der Waals surface area (Å²) in [4.78, 5) is 1.57. The Hall–Kier alpha value is -0.820. The number of rotatable bonds is 21. The van der Waals surface area contributed by atoms with Gasteiger partial charge in [0.2, 0.25) is 0 Å². The Balaban J connectivity index is 1.87. The van der Waals surface area contributed by atoms with Crippen LogP contribution in [0.3, 0.4) is 0 Å². The van der Waals surface area contributed by atoms with Crippen molar-refractivity contribution in [1.82, 2.24) is 0 Å². The standard InChI is InChI=1S/C29H53N/c1-4-6-8-9-10-11-12-13-14-15-16-17-18-19-20-21-27-30(3)29-25-23-28(24-26-29)22-7-5-2/h23-26H,4-22,27H2,1-3H3/p+1. The summed E-state index contributed by atoms with van der Waals surface area (Å²) in [5.41, 5.74) is 2.95. The Kier molecular flexibility index (Phi) is 18.2. The zero-order valence-corrected chi connectivity index (χ0v) is 21.0. The number of quaternary nitrogens is 1. The van der Waals surface area contributed by atoms with Crippen LogP contribution in [0.15, 0.2) is 24.3 Å². The molecule has 0 aliphatic heterocycles. The maximum absolute atomic E-state index is 2.34. The van der Waals surface area contributed by atoms with Crippen LogP contribution in [0, 0.1) is 0 Å². The highest BCUT2D eigenvalue weighted by atomic mass is 15.1. The predicted molar refractivity (Wildman–Crippen MR) is 136 cm³/mol. The first-order valence-electron chi connectivity index (χ1n) is 13.7. The van der Waals surface area contributed by atoms with Crippen LogP contribution in [0.25, 0.3) is 0 Å². The van der Waals surface area contributed by atoms with Crippen molar-refractivity contribution in [2.24, 2.45) is 0 Å². The number of hydrogen-bond acceptors (Lipinski definition) is 0. The van der Waals surface area contributed by atoms with Crippen molar-refractivity contribution < 1.29 is 4.90 Å². The normalized spacial score (nSPS) is 12.4. The lowest BCUT2D eigenvalue weighted by Gasteiger charge is -2.14. The number of nitrogens with one attached hydrogen (secondary N) is 1. The third kappa shape index (κ3) is 15.1. The Labute approximate surface area is 190 Å². The van der Waals surface area contributed by atoms with E-state index in [1.54, 1.807) is 4.90 Å². The molecule has 0 bridgehead atoms. The van der Waals surface area contributed by atoms with Gasteiger partial charge in [-0.15, -0.1) is 0 Å². The summed E-state index contributed by atoms with van der Waals surface area (Å²) < 4.78 is 0. The molecule has 1 aromatic rings. The van der Waals surface area contributed by atoms with E-state index >= 15 is 0 Å². The summed E-state index contributed by atoms with van der Waals surface area (Å²) in [6.45, 7) is 5.84. The fraction of sp³-hybridized carbons (Fsp3) is 0.793. The molecule has 1 rings (SSSR count). The molecule has 1 aromatic carbocycles. The molecule has 0 spiro atoms. The minimum atomic E-state index is 1.23. The lowest BCUT2D eigenvalue weighted by Crippen LogP contribution is -3.03. The molecule has 174 valence electrons. The SMILES string of the molecule is CCCCCCCCCCCCCCCCCC[NH+](C)c1ccc(CCCC)cc1. The number of unbranched alkanes of at least 4 members (excludes halogenated alkanes) is 16. The van der Waals surface area contributed by atoms with Gasteiger partial charge in [0.1, 0.15) is 5.69 Å². The summed E-state index contributed by atoms with van der Waals surface area (Å²) in [6.07, 6.45) is 27.0. The fourth-order valence-corrected chi connectivity index (χ4v) is 4.42. The smallest absolute Gasteiger partial charge is 0.130 e. The monoisotopic (exact) mass is 416 g/mol. The second kappa shape index (κ2) is 20.1. The summed E-state index contributed by atoms with van der Waals surface area (Å²) in [5, 5.41) is 0. The lowest BCUT2D eigenvalue weighted by atomic mass is 10.0. The summed E-state index contributed by atoms with van der Waals surface area (Å²) in [7, 11) is 2.33. The average Bonchev–Trinajstić information content (AvgIpc) is 2.77. The molecule has 0 aliphatic rings. The second-order valence-electron chi connectivity index (χ2n) is 9.63. The zero-order chi connectivity index (χ0) is 21.7. The van der Waals surface area contributed by atoms with Gasteiger partial charge in [0.25, 0.3) is 0 Å². The molecule has 0 radical (unpaired) electrons. The van der Waals surface area contributed by atoms with Gasteiger partial charge >= 0.3 is 0 Å². The van der Waals surface area contributed by atoms with Gasteiger partial charge in [-0.05, 0) is 43.4 Å². The Bertz CT molecular complexity index is 464. The van der Waals surface area contributed by atoms with E-state index in [-0.39, 0.29) is 0 Å². The Morgan fingerprint density at radius 3 is 1.33 bits per heavy atom. The molecule has 0 amide bonds. The molecule has 1 heteroatoms. The first-order valence-corrected chi connectivity index (χ1v) is 13.7. The van der Waals surface area contributed by atoms with E-state index in [0.717, 1.165) is 0 Å². The predicted octanol–water partition coefficient (Wildman–Crippen LogP) is 8.44. The van der Waals surface area contributed by atoms with E-state index in [1.165, 1.54) is 140 Å². The minimum Gasteiger partial charge on any atom is -0.305 e. The largest absolute Gasteiger partial charge is 0.305 e. The molecular formula is C29H54N+. The van der Waals surface area contributed by atoms with E-state index in [2.05, 4.69) is 45.2 Å². The van der Waals surface area contributed by atoms with Gasteiger partial charge in [0.05, 0.1) is 13.6 Å². The molecule has 0 saturated heterocycles. The van der Waals surface area contributed by atoms with Crippen LogP contribution in [0.4, 0.5) is 5.69 Å². The van der Waals surface area contributed by atoms with Gasteiger partial charge in [-0.2, -0.15) is 0 Å². The number of benzene rings is 1. The average molecular weight is 417 g/mol. The van der Waals surface area contributed by atoms with Crippen molar-refractivity contribution in [3.8, 4) is 0 Å². The maximum atomic E-state index is 2.34. The van der Waals surface area contributed by atoms with Crippen molar-refractivity contribution >= 4 is 5.69 Å². The maximum Gasteiger partial charge on any atom is 0.130 e. The molecular weight excluding hydrogens is 362 g/mol. The first-order chi connectivity index (χ1) is 14.8. The van der Waals surface area contributed by atoms with Crippen molar-refractivity contribution in [2.75, 3.05) is 13.6 Å². The van der Waals surface area contributed by atoms with Crippen molar-refractivity contribution in [2.45, 2.75) is 136 Å². The number of aryl methyl sites for hydroxylation is 1. The van der Waals surface area contributed by atoms with Gasteiger partial charge in [-0.1, -0.05) is 122 Å². The van der Waals surface area contributed by atoms with Crippen molar-refractivity contribution in [3.05, 3.63) is 29.8 Å². The molecule has 0 fully saturated rings. The summed E-state index contributed by atoms with van der Waals surface area (Å²) in [5.74, 6) is 0. The first kappa shape index (κ1) is 27.2. The second-order valence-corrected chi connectivity index (χ2v) is 9.63. The van der Waals surface area contributed by atoms with E-state index < -0.39 is 0 Å². The molecule has 30 heavy (non-hydrogen) atoms. The van der Waals surface area contributed by atoms with Crippen LogP contribution < -0.4 is 4.90 Å². The lowest BCUT2D eigenvalue weighted by molar-refractivity contribution is -0.810. The highest BCUT2D eigenvalue weighted by Gasteiger charge is 2.06. The summed E-state index contributed by atoms with van der Waals surface area (Å²) >= 11 is 0. The van der Waals surface area contributed by atoms with E-state index in [0.29, 0.717) is 0 Å². The van der Waals surface area contributed by atoms with Crippen molar-refractivity contribution in [3.63, 3.8) is 0 Å². The highest BCUT2D eigenvalue weighted by Crippen LogP contribution is 2.14. The van der Waals surface area contributed by atoms with Gasteiger partial charge in [-0.25, -0.2) is 0 Å². The van der Waals surface area contributed by atoms with Gasteiger partial charge < -0.3 is 4.90 Å². The van der Waals surface area contributed by atoms with Gasteiger partial charge in [0.15, 0.2) is 0 Å². The zero-order valence-electron chi connectivity index (χ0n) is 21.0. The van der Waals surface area contributed by atoms with Gasteiger partial charge in [-0.3, -0.25) is 0 Å². The van der Waals surface area contributed by atoms with Crippen LogP contribution in [0.2, 0.25) is 0 Å². The van der Waals surface area contributed by atoms with E-state index in [1.807, 2.05) is 0 Å². The quantitative estimate of drug-likeness (QED) is 0.192. The Morgan fingerprint density at radius 2 is 0.900 bits per heavy atom. The number of hydrogen-bond donors (Lipinski definition) is 1. The minimum absolute atomic E-state index is 1.23. The third-order valence-corrected chi connectivity index (χ3v) is 6.67.